The first-order valence-corrected chi connectivity index (χ1v) is 10.6. The predicted molar refractivity (Wildman–Crippen MR) is 104 cm³/mol. The largest absolute Gasteiger partial charge is 0.349 e. The molecule has 2 saturated carbocycles. The quantitative estimate of drug-likeness (QED) is 0.733. The fourth-order valence-electron chi connectivity index (χ4n) is 4.14. The molecule has 3 aliphatic rings. The molecule has 2 heterocycles. The molecule has 152 valence electrons. The summed E-state index contributed by atoms with van der Waals surface area (Å²) in [4.78, 5) is 45.8. The number of H-pyrrole nitrogens is 1. The molecular formula is C20H29N5O3. The molecule has 1 saturated heterocycles. The lowest BCUT2D eigenvalue weighted by Gasteiger charge is -2.34. The van der Waals surface area contributed by atoms with E-state index in [-0.39, 0.29) is 29.1 Å². The number of likely N-dealkylation sites (tertiary alicyclic amines) is 1. The van der Waals surface area contributed by atoms with Crippen LogP contribution in [-0.4, -0.2) is 52.0 Å². The monoisotopic (exact) mass is 387 g/mol. The summed E-state index contributed by atoms with van der Waals surface area (Å²) in [5.74, 6) is 0.633. The lowest BCUT2D eigenvalue weighted by molar-refractivity contribution is 0.0915. The second kappa shape index (κ2) is 8.32. The SMILES string of the molecule is O=C(NC1CCN(C(=O)NC2CCCCC2)CC1)c1cnc(C2CC2)[nH]c1=O. The molecule has 1 aromatic heterocycles. The number of amides is 3. The van der Waals surface area contributed by atoms with Gasteiger partial charge in [0.25, 0.3) is 11.5 Å². The number of aromatic amines is 1. The highest BCUT2D eigenvalue weighted by Gasteiger charge is 2.28. The third-order valence-electron chi connectivity index (χ3n) is 6.08. The van der Waals surface area contributed by atoms with E-state index in [9.17, 15) is 14.4 Å². The summed E-state index contributed by atoms with van der Waals surface area (Å²) in [6.45, 7) is 1.22. The van der Waals surface area contributed by atoms with E-state index in [1.807, 2.05) is 4.90 Å². The van der Waals surface area contributed by atoms with Crippen LogP contribution in [0, 0.1) is 0 Å². The highest BCUT2D eigenvalue weighted by atomic mass is 16.2. The molecule has 0 unspecified atom stereocenters. The van der Waals surface area contributed by atoms with E-state index < -0.39 is 0 Å². The molecule has 0 spiro atoms. The van der Waals surface area contributed by atoms with Gasteiger partial charge in [0.15, 0.2) is 0 Å². The molecule has 3 amide bonds. The molecule has 3 fully saturated rings. The van der Waals surface area contributed by atoms with Crippen molar-refractivity contribution in [2.45, 2.75) is 75.8 Å². The van der Waals surface area contributed by atoms with Gasteiger partial charge in [-0.3, -0.25) is 9.59 Å². The number of carbonyl (C=O) groups is 2. The zero-order valence-electron chi connectivity index (χ0n) is 16.2. The number of piperidine rings is 1. The van der Waals surface area contributed by atoms with Crippen LogP contribution in [0.25, 0.3) is 0 Å². The van der Waals surface area contributed by atoms with Gasteiger partial charge < -0.3 is 20.5 Å². The van der Waals surface area contributed by atoms with E-state index in [4.69, 9.17) is 0 Å². The number of urea groups is 1. The van der Waals surface area contributed by atoms with Crippen LogP contribution in [0.3, 0.4) is 0 Å². The van der Waals surface area contributed by atoms with Gasteiger partial charge >= 0.3 is 6.03 Å². The number of carbonyl (C=O) groups excluding carboxylic acids is 2. The highest BCUT2D eigenvalue weighted by molar-refractivity contribution is 5.93. The Morgan fingerprint density at radius 3 is 2.29 bits per heavy atom. The molecule has 28 heavy (non-hydrogen) atoms. The van der Waals surface area contributed by atoms with Crippen LogP contribution in [-0.2, 0) is 0 Å². The summed E-state index contributed by atoms with van der Waals surface area (Å²) < 4.78 is 0. The number of nitrogens with zero attached hydrogens (tertiary/aromatic N) is 2. The van der Waals surface area contributed by atoms with Gasteiger partial charge in [0.2, 0.25) is 0 Å². The average molecular weight is 387 g/mol. The van der Waals surface area contributed by atoms with Crippen molar-refractivity contribution in [2.24, 2.45) is 0 Å². The van der Waals surface area contributed by atoms with Gasteiger partial charge in [0.05, 0.1) is 0 Å². The Balaban J connectivity index is 1.25. The first kappa shape index (κ1) is 19.0. The van der Waals surface area contributed by atoms with Crippen LogP contribution >= 0.6 is 0 Å². The Morgan fingerprint density at radius 1 is 0.964 bits per heavy atom. The summed E-state index contributed by atoms with van der Waals surface area (Å²) in [6, 6.07) is 0.276. The Hall–Kier alpha value is -2.38. The van der Waals surface area contributed by atoms with Crippen molar-refractivity contribution in [1.29, 1.82) is 0 Å². The lowest BCUT2D eigenvalue weighted by atomic mass is 9.95. The van der Waals surface area contributed by atoms with Crippen LogP contribution in [0.5, 0.6) is 0 Å². The van der Waals surface area contributed by atoms with Crippen LogP contribution in [0.2, 0.25) is 0 Å². The number of hydrogen-bond acceptors (Lipinski definition) is 4. The van der Waals surface area contributed by atoms with Gasteiger partial charge in [-0.05, 0) is 38.5 Å². The summed E-state index contributed by atoms with van der Waals surface area (Å²) in [7, 11) is 0. The third-order valence-corrected chi connectivity index (χ3v) is 6.08. The van der Waals surface area contributed by atoms with Gasteiger partial charge in [-0.25, -0.2) is 9.78 Å². The molecule has 8 heteroatoms. The van der Waals surface area contributed by atoms with Crippen molar-refractivity contribution < 1.29 is 9.59 Å². The van der Waals surface area contributed by atoms with Crippen molar-refractivity contribution in [1.82, 2.24) is 25.5 Å². The van der Waals surface area contributed by atoms with Gasteiger partial charge in [-0.2, -0.15) is 0 Å². The van der Waals surface area contributed by atoms with Crippen LogP contribution in [0.15, 0.2) is 11.0 Å². The Labute approximate surface area is 164 Å². The average Bonchev–Trinajstić information content (AvgIpc) is 3.54. The molecule has 0 aromatic carbocycles. The Morgan fingerprint density at radius 2 is 1.64 bits per heavy atom. The summed E-state index contributed by atoms with van der Waals surface area (Å²) in [5, 5.41) is 6.07. The molecule has 2 aliphatic carbocycles. The molecule has 8 nitrogen and oxygen atoms in total. The van der Waals surface area contributed by atoms with Crippen molar-refractivity contribution in [3.05, 3.63) is 27.9 Å². The van der Waals surface area contributed by atoms with Crippen molar-refractivity contribution in [3.8, 4) is 0 Å². The second-order valence-electron chi connectivity index (χ2n) is 8.30. The fourth-order valence-corrected chi connectivity index (χ4v) is 4.14. The van der Waals surface area contributed by atoms with Gasteiger partial charge in [-0.1, -0.05) is 19.3 Å². The Bertz CT molecular complexity index is 774. The van der Waals surface area contributed by atoms with E-state index in [1.54, 1.807) is 0 Å². The maximum atomic E-state index is 12.4. The molecule has 0 radical (unpaired) electrons. The fraction of sp³-hybridized carbons (Fsp3) is 0.700. The predicted octanol–water partition coefficient (Wildman–Crippen LogP) is 1.88. The van der Waals surface area contributed by atoms with Gasteiger partial charge in [-0.15, -0.1) is 0 Å². The van der Waals surface area contributed by atoms with E-state index >= 15 is 0 Å². The minimum atomic E-state index is -0.388. The number of rotatable bonds is 4. The second-order valence-corrected chi connectivity index (χ2v) is 8.30. The minimum absolute atomic E-state index is 0.00739. The van der Waals surface area contributed by atoms with Crippen LogP contribution in [0.4, 0.5) is 4.79 Å². The lowest BCUT2D eigenvalue weighted by Crippen LogP contribution is -2.51. The van der Waals surface area contributed by atoms with Crippen molar-refractivity contribution in [3.63, 3.8) is 0 Å². The summed E-state index contributed by atoms with van der Waals surface area (Å²) in [6.07, 6.45) is 10.6. The molecule has 1 aromatic rings. The number of aromatic nitrogens is 2. The van der Waals surface area contributed by atoms with Crippen molar-refractivity contribution in [2.75, 3.05) is 13.1 Å². The zero-order chi connectivity index (χ0) is 19.5. The standard InChI is InChI=1S/C20H29N5O3/c26-18(16-12-21-17(13-6-7-13)24-19(16)27)22-15-8-10-25(11-9-15)20(28)23-14-4-2-1-3-5-14/h12-15H,1-11H2,(H,22,26)(H,23,28)(H,21,24,27). The first-order valence-electron chi connectivity index (χ1n) is 10.6. The number of nitrogens with one attached hydrogen (secondary N) is 3. The van der Waals surface area contributed by atoms with E-state index in [1.165, 1.54) is 25.5 Å². The smallest absolute Gasteiger partial charge is 0.317 e. The van der Waals surface area contributed by atoms with Crippen molar-refractivity contribution >= 4 is 11.9 Å². The topological polar surface area (TPSA) is 107 Å². The summed E-state index contributed by atoms with van der Waals surface area (Å²) in [5.41, 5.74) is -0.319. The van der Waals surface area contributed by atoms with E-state index in [0.717, 1.165) is 25.7 Å². The molecule has 1 aliphatic heterocycles. The normalized spacial score (nSPS) is 21.4. The third kappa shape index (κ3) is 4.54. The van der Waals surface area contributed by atoms with Crippen LogP contribution < -0.4 is 16.2 Å². The molecule has 3 N–H and O–H groups in total. The van der Waals surface area contributed by atoms with Gasteiger partial charge in [0.1, 0.15) is 11.4 Å². The van der Waals surface area contributed by atoms with Crippen LogP contribution in [0.1, 0.15) is 79.9 Å². The Kier molecular flexibility index (Phi) is 5.64. The highest BCUT2D eigenvalue weighted by Crippen LogP contribution is 2.37. The maximum absolute atomic E-state index is 12.4. The van der Waals surface area contributed by atoms with Gasteiger partial charge in [0, 0.05) is 37.3 Å². The van der Waals surface area contributed by atoms with E-state index in [0.29, 0.717) is 43.7 Å². The first-order chi connectivity index (χ1) is 13.6. The molecular weight excluding hydrogens is 358 g/mol. The zero-order valence-corrected chi connectivity index (χ0v) is 16.2. The molecule has 0 atom stereocenters. The maximum Gasteiger partial charge on any atom is 0.317 e. The molecule has 0 bridgehead atoms. The minimum Gasteiger partial charge on any atom is -0.349 e. The summed E-state index contributed by atoms with van der Waals surface area (Å²) >= 11 is 0. The number of hydrogen-bond donors (Lipinski definition) is 3. The molecule has 4 rings (SSSR count). The van der Waals surface area contributed by atoms with E-state index in [2.05, 4.69) is 20.6 Å².